The summed E-state index contributed by atoms with van der Waals surface area (Å²) in [6, 6.07) is 26.1. The second-order valence-corrected chi connectivity index (χ2v) is 6.70. The lowest BCUT2D eigenvalue weighted by molar-refractivity contribution is 0.236. The molecule has 0 saturated heterocycles. The molecule has 0 aliphatic carbocycles. The third-order valence-electron chi connectivity index (χ3n) is 4.93. The van der Waals surface area contributed by atoms with Crippen LogP contribution in [0.5, 0.6) is 5.75 Å². The third-order valence-corrected chi connectivity index (χ3v) is 4.93. The van der Waals surface area contributed by atoms with Crippen LogP contribution >= 0.6 is 0 Å². The van der Waals surface area contributed by atoms with E-state index in [9.17, 15) is 5.02 Å². The van der Waals surface area contributed by atoms with Crippen molar-refractivity contribution in [3.8, 4) is 5.75 Å². The second kappa shape index (κ2) is 7.43. The van der Waals surface area contributed by atoms with Crippen molar-refractivity contribution in [2.24, 2.45) is 0 Å². The average Bonchev–Trinajstić information content (AvgIpc) is 3.06. The second-order valence-electron chi connectivity index (χ2n) is 6.70. The molecule has 3 aromatic carbocycles. The highest BCUT2D eigenvalue weighted by Crippen LogP contribution is 2.45. The van der Waals surface area contributed by atoms with Crippen molar-refractivity contribution in [1.82, 2.24) is 0 Å². The van der Waals surface area contributed by atoms with Crippen LogP contribution in [0.25, 0.3) is 11.0 Å². The Morgan fingerprint density at radius 1 is 0.852 bits per heavy atom. The first-order chi connectivity index (χ1) is 13.2. The fourth-order valence-corrected chi connectivity index (χ4v) is 3.52. The normalized spacial score (nSPS) is 16.7. The minimum Gasteiger partial charge on any atom is -0.497 e. The first kappa shape index (κ1) is 17.6. The van der Waals surface area contributed by atoms with Gasteiger partial charge in [0.15, 0.2) is 0 Å². The summed E-state index contributed by atoms with van der Waals surface area (Å²) in [5.41, 5.74) is 6.00. The van der Waals surface area contributed by atoms with Gasteiger partial charge >= 0.3 is 7.12 Å². The van der Waals surface area contributed by atoms with E-state index in [1.54, 1.807) is 7.11 Å². The summed E-state index contributed by atoms with van der Waals surface area (Å²) in [5, 5.41) is 10.8. The molecule has 4 heteroatoms. The Bertz CT molecular complexity index is 947. The largest absolute Gasteiger partial charge is 0.497 e. The number of methoxy groups -OCH3 is 1. The predicted molar refractivity (Wildman–Crippen MR) is 109 cm³/mol. The third kappa shape index (κ3) is 3.42. The number of aryl methyl sites for hydroxylation is 1. The van der Waals surface area contributed by atoms with E-state index < -0.39 is 7.12 Å². The van der Waals surface area contributed by atoms with Crippen LogP contribution < -0.4 is 4.74 Å². The Labute approximate surface area is 160 Å². The van der Waals surface area contributed by atoms with E-state index in [2.05, 4.69) is 31.2 Å². The van der Waals surface area contributed by atoms with E-state index in [-0.39, 0.29) is 6.10 Å². The van der Waals surface area contributed by atoms with Crippen molar-refractivity contribution in [2.45, 2.75) is 13.0 Å². The Hall–Kier alpha value is -2.82. The van der Waals surface area contributed by atoms with Gasteiger partial charge in [-0.3, -0.25) is 0 Å². The SMILES string of the molecule is COc1ccc(C2OB(O)C(c3ccc(C)cc3)=C2c2ccccc2)cc1. The molecule has 0 fully saturated rings. The minimum atomic E-state index is -0.977. The maximum atomic E-state index is 10.8. The summed E-state index contributed by atoms with van der Waals surface area (Å²) in [5.74, 6) is 0.793. The summed E-state index contributed by atoms with van der Waals surface area (Å²) < 4.78 is 11.3. The first-order valence-electron chi connectivity index (χ1n) is 9.01. The molecule has 0 bridgehead atoms. The van der Waals surface area contributed by atoms with Crippen LogP contribution in [0, 0.1) is 6.92 Å². The molecule has 3 nitrogen and oxygen atoms in total. The van der Waals surface area contributed by atoms with Gasteiger partial charge in [0.1, 0.15) is 5.75 Å². The molecule has 3 aromatic rings. The molecule has 0 saturated carbocycles. The summed E-state index contributed by atoms with van der Waals surface area (Å²) >= 11 is 0. The maximum absolute atomic E-state index is 10.8. The van der Waals surface area contributed by atoms with Gasteiger partial charge < -0.3 is 14.4 Å². The first-order valence-corrected chi connectivity index (χ1v) is 9.01. The van der Waals surface area contributed by atoms with Crippen LogP contribution in [0.15, 0.2) is 78.9 Å². The van der Waals surface area contributed by atoms with Crippen LogP contribution in [0.4, 0.5) is 0 Å². The lowest BCUT2D eigenvalue weighted by Gasteiger charge is -2.17. The van der Waals surface area contributed by atoms with E-state index in [1.807, 2.05) is 54.6 Å². The van der Waals surface area contributed by atoms with E-state index in [0.717, 1.165) is 33.5 Å². The van der Waals surface area contributed by atoms with Crippen molar-refractivity contribution >= 4 is 18.2 Å². The lowest BCUT2D eigenvalue weighted by atomic mass is 9.72. The fraction of sp³-hybridized carbons (Fsp3) is 0.130. The Kier molecular flexibility index (Phi) is 4.84. The minimum absolute atomic E-state index is 0.343. The van der Waals surface area contributed by atoms with E-state index in [1.165, 1.54) is 5.56 Å². The highest BCUT2D eigenvalue weighted by atomic mass is 16.5. The van der Waals surface area contributed by atoms with Gasteiger partial charge in [-0.05, 0) is 46.8 Å². The Morgan fingerprint density at radius 2 is 1.52 bits per heavy atom. The molecule has 27 heavy (non-hydrogen) atoms. The van der Waals surface area contributed by atoms with Crippen LogP contribution in [-0.4, -0.2) is 19.3 Å². The number of hydrogen-bond acceptors (Lipinski definition) is 3. The smallest absolute Gasteiger partial charge is 0.492 e. The van der Waals surface area contributed by atoms with Crippen LogP contribution in [0.3, 0.4) is 0 Å². The standard InChI is InChI=1S/C23H21BO3/c1-16-8-10-18(11-9-16)22-21(17-6-4-3-5-7-17)23(27-24(22)25)19-12-14-20(26-2)15-13-19/h3-15,23,25H,1-2H3. The van der Waals surface area contributed by atoms with Gasteiger partial charge in [-0.2, -0.15) is 0 Å². The van der Waals surface area contributed by atoms with Crippen molar-refractivity contribution in [3.05, 3.63) is 101 Å². The highest BCUT2D eigenvalue weighted by Gasteiger charge is 2.39. The molecule has 1 N–H and O–H groups in total. The van der Waals surface area contributed by atoms with E-state index in [4.69, 9.17) is 9.39 Å². The van der Waals surface area contributed by atoms with Gasteiger partial charge in [-0.15, -0.1) is 0 Å². The number of ether oxygens (including phenoxy) is 1. The fourth-order valence-electron chi connectivity index (χ4n) is 3.52. The van der Waals surface area contributed by atoms with Crippen LogP contribution in [0.1, 0.15) is 28.4 Å². The Balaban J connectivity index is 1.87. The molecule has 1 aliphatic heterocycles. The van der Waals surface area contributed by atoms with Gasteiger partial charge in [0.2, 0.25) is 0 Å². The number of benzene rings is 3. The molecule has 1 heterocycles. The van der Waals surface area contributed by atoms with Crippen molar-refractivity contribution in [1.29, 1.82) is 0 Å². The van der Waals surface area contributed by atoms with Crippen molar-refractivity contribution in [2.75, 3.05) is 7.11 Å². The molecule has 1 unspecified atom stereocenters. The van der Waals surface area contributed by atoms with Gasteiger partial charge in [-0.1, -0.05) is 72.3 Å². The average molecular weight is 356 g/mol. The van der Waals surface area contributed by atoms with Crippen LogP contribution in [0.2, 0.25) is 0 Å². The molecule has 1 aliphatic rings. The van der Waals surface area contributed by atoms with Gasteiger partial charge in [-0.25, -0.2) is 0 Å². The molecule has 0 amide bonds. The molecule has 134 valence electrons. The Morgan fingerprint density at radius 3 is 2.15 bits per heavy atom. The van der Waals surface area contributed by atoms with E-state index >= 15 is 0 Å². The van der Waals surface area contributed by atoms with Crippen LogP contribution in [-0.2, 0) is 4.65 Å². The monoisotopic (exact) mass is 356 g/mol. The van der Waals surface area contributed by atoms with Crippen molar-refractivity contribution in [3.63, 3.8) is 0 Å². The van der Waals surface area contributed by atoms with Gasteiger partial charge in [0.05, 0.1) is 13.2 Å². The van der Waals surface area contributed by atoms with Gasteiger partial charge in [0.25, 0.3) is 0 Å². The zero-order valence-corrected chi connectivity index (χ0v) is 15.4. The number of hydrogen-bond donors (Lipinski definition) is 1. The molecule has 0 radical (unpaired) electrons. The molecule has 0 aromatic heterocycles. The van der Waals surface area contributed by atoms with E-state index in [0.29, 0.717) is 0 Å². The predicted octanol–water partition coefficient (Wildman–Crippen LogP) is 4.71. The van der Waals surface area contributed by atoms with Gasteiger partial charge in [0, 0.05) is 0 Å². The molecule has 0 spiro atoms. The lowest BCUT2D eigenvalue weighted by Crippen LogP contribution is -2.15. The highest BCUT2D eigenvalue weighted by molar-refractivity contribution is 6.71. The molecule has 4 rings (SSSR count). The number of rotatable bonds is 4. The molecular formula is C23H21BO3. The summed E-state index contributed by atoms with van der Waals surface area (Å²) in [4.78, 5) is 0. The summed E-state index contributed by atoms with van der Waals surface area (Å²) in [6.45, 7) is 2.05. The maximum Gasteiger partial charge on any atom is 0.492 e. The quantitative estimate of drug-likeness (QED) is 0.689. The molecule has 1 atom stereocenters. The summed E-state index contributed by atoms with van der Waals surface area (Å²) in [6.07, 6.45) is -0.343. The zero-order valence-electron chi connectivity index (χ0n) is 15.4. The molecular weight excluding hydrogens is 335 g/mol. The summed E-state index contributed by atoms with van der Waals surface area (Å²) in [7, 11) is 0.672. The zero-order chi connectivity index (χ0) is 18.8. The van der Waals surface area contributed by atoms with Crippen molar-refractivity contribution < 1.29 is 14.4 Å². The topological polar surface area (TPSA) is 38.7 Å².